The maximum atomic E-state index is 12.5. The van der Waals surface area contributed by atoms with Crippen molar-refractivity contribution in [3.8, 4) is 0 Å². The molecule has 6 nitrogen and oxygen atoms in total. The number of rotatable bonds is 8. The molecule has 0 aromatic carbocycles. The minimum absolute atomic E-state index is 0.0852. The van der Waals surface area contributed by atoms with Gasteiger partial charge in [-0.15, -0.1) is 0 Å². The summed E-state index contributed by atoms with van der Waals surface area (Å²) >= 11 is 0. The van der Waals surface area contributed by atoms with E-state index in [4.69, 9.17) is 9.05 Å². The summed E-state index contributed by atoms with van der Waals surface area (Å²) in [7, 11) is -3.21. The molecule has 0 unspecified atom stereocenters. The van der Waals surface area contributed by atoms with Gasteiger partial charge in [-0.2, -0.15) is 0 Å². The molecule has 7 heteroatoms. The van der Waals surface area contributed by atoms with Gasteiger partial charge in [0.05, 0.1) is 19.4 Å². The van der Waals surface area contributed by atoms with Crippen LogP contribution < -0.4 is 5.32 Å². The third kappa shape index (κ3) is 5.04. The number of nitrogens with one attached hydrogen (secondary N) is 1. The van der Waals surface area contributed by atoms with E-state index in [1.165, 1.54) is 0 Å². The fraction of sp³-hybridized carbons (Fsp3) is 0.538. The monoisotopic (exact) mass is 300 g/mol. The number of nitrogens with zero attached hydrogens (tertiary/aromatic N) is 1. The van der Waals surface area contributed by atoms with Crippen molar-refractivity contribution in [2.75, 3.05) is 18.5 Å². The molecule has 20 heavy (non-hydrogen) atoms. The van der Waals surface area contributed by atoms with Crippen LogP contribution in [0.15, 0.2) is 18.3 Å². The first-order valence-corrected chi connectivity index (χ1v) is 8.39. The van der Waals surface area contributed by atoms with E-state index in [0.717, 1.165) is 0 Å². The highest BCUT2D eigenvalue weighted by Crippen LogP contribution is 2.51. The lowest BCUT2D eigenvalue weighted by Gasteiger charge is -2.18. The van der Waals surface area contributed by atoms with E-state index in [1.54, 1.807) is 39.1 Å². The Morgan fingerprint density at radius 2 is 1.95 bits per heavy atom. The van der Waals surface area contributed by atoms with Gasteiger partial charge in [-0.25, -0.2) is 4.98 Å². The molecule has 112 valence electrons. The van der Waals surface area contributed by atoms with Crippen LogP contribution in [-0.2, 0) is 24.6 Å². The third-order valence-electron chi connectivity index (χ3n) is 2.49. The van der Waals surface area contributed by atoms with Gasteiger partial charge in [0.1, 0.15) is 5.82 Å². The van der Waals surface area contributed by atoms with Crippen LogP contribution in [0.2, 0.25) is 0 Å². The first kappa shape index (κ1) is 16.8. The van der Waals surface area contributed by atoms with Gasteiger partial charge >= 0.3 is 7.60 Å². The van der Waals surface area contributed by atoms with Crippen LogP contribution >= 0.6 is 7.60 Å². The van der Waals surface area contributed by atoms with E-state index in [2.05, 4.69) is 10.3 Å². The van der Waals surface area contributed by atoms with Gasteiger partial charge in [0.15, 0.2) is 0 Å². The molecule has 0 aliphatic heterocycles. The summed E-state index contributed by atoms with van der Waals surface area (Å²) in [5.74, 6) is 0.256. The largest absolute Gasteiger partial charge is 0.335 e. The van der Waals surface area contributed by atoms with Crippen LogP contribution in [-0.4, -0.2) is 24.1 Å². The fourth-order valence-electron chi connectivity index (χ4n) is 1.63. The van der Waals surface area contributed by atoms with Gasteiger partial charge in [0, 0.05) is 18.2 Å². The first-order valence-electron chi connectivity index (χ1n) is 6.66. The van der Waals surface area contributed by atoms with Gasteiger partial charge in [0.2, 0.25) is 5.91 Å². The molecule has 1 N–H and O–H groups in total. The minimum Gasteiger partial charge on any atom is -0.310 e. The lowest BCUT2D eigenvalue weighted by atomic mass is 10.3. The predicted molar refractivity (Wildman–Crippen MR) is 77.7 cm³/mol. The van der Waals surface area contributed by atoms with E-state index in [-0.39, 0.29) is 12.1 Å². The van der Waals surface area contributed by atoms with E-state index in [0.29, 0.717) is 31.0 Å². The second-order valence-electron chi connectivity index (χ2n) is 4.02. The Labute approximate surface area is 119 Å². The van der Waals surface area contributed by atoms with Gasteiger partial charge in [-0.1, -0.05) is 13.0 Å². The summed E-state index contributed by atoms with van der Waals surface area (Å²) in [6.07, 6.45) is 2.01. The average Bonchev–Trinajstić information content (AvgIpc) is 2.41. The van der Waals surface area contributed by atoms with Gasteiger partial charge in [0.25, 0.3) is 0 Å². The summed E-state index contributed by atoms with van der Waals surface area (Å²) < 4.78 is 23.0. The second kappa shape index (κ2) is 8.15. The van der Waals surface area contributed by atoms with Crippen molar-refractivity contribution in [2.45, 2.75) is 33.4 Å². The van der Waals surface area contributed by atoms with Crippen LogP contribution in [0.3, 0.4) is 0 Å². The van der Waals surface area contributed by atoms with Crippen molar-refractivity contribution >= 4 is 19.3 Å². The molecule has 0 spiro atoms. The van der Waals surface area contributed by atoms with Gasteiger partial charge < -0.3 is 14.4 Å². The molecular weight excluding hydrogens is 279 g/mol. The van der Waals surface area contributed by atoms with Crippen LogP contribution in [0.4, 0.5) is 5.82 Å². The zero-order valence-electron chi connectivity index (χ0n) is 12.1. The molecule has 1 aromatic heterocycles. The quantitative estimate of drug-likeness (QED) is 0.746. The number of carbonyl (C=O) groups is 1. The molecule has 0 aliphatic carbocycles. The number of pyridine rings is 1. The molecule has 0 saturated carbocycles. The molecule has 0 radical (unpaired) electrons. The Morgan fingerprint density at radius 1 is 1.30 bits per heavy atom. The number of hydrogen-bond donors (Lipinski definition) is 1. The first-order chi connectivity index (χ1) is 9.54. The molecule has 1 aromatic rings. The van der Waals surface area contributed by atoms with E-state index < -0.39 is 7.60 Å². The van der Waals surface area contributed by atoms with Crippen molar-refractivity contribution in [2.24, 2.45) is 0 Å². The predicted octanol–water partition coefficient (Wildman–Crippen LogP) is 3.20. The van der Waals surface area contributed by atoms with Gasteiger partial charge in [-0.05, 0) is 19.9 Å². The smallest absolute Gasteiger partial charge is 0.310 e. The SMILES string of the molecule is CCOP(=O)(Cc1cccnc1NC(=O)CC)OCC. The molecule has 1 rings (SSSR count). The third-order valence-corrected chi connectivity index (χ3v) is 4.52. The summed E-state index contributed by atoms with van der Waals surface area (Å²) in [5, 5.41) is 2.68. The minimum atomic E-state index is -3.21. The Hall–Kier alpha value is -1.23. The van der Waals surface area contributed by atoms with Crippen molar-refractivity contribution in [1.29, 1.82) is 0 Å². The normalized spacial score (nSPS) is 11.3. The Bertz CT molecular complexity index is 483. The standard InChI is InChI=1S/C13H21N2O4P/c1-4-12(16)15-13-11(8-7-9-14-13)10-20(17,18-5-2)19-6-3/h7-9H,4-6,10H2,1-3H3,(H,14,15,16). The number of aromatic nitrogens is 1. The maximum absolute atomic E-state index is 12.5. The van der Waals surface area contributed by atoms with Crippen LogP contribution in [0.1, 0.15) is 32.8 Å². The number of amides is 1. The number of carbonyl (C=O) groups excluding carboxylic acids is 1. The van der Waals surface area contributed by atoms with E-state index >= 15 is 0 Å². The van der Waals surface area contributed by atoms with Crippen LogP contribution in [0.5, 0.6) is 0 Å². The topological polar surface area (TPSA) is 77.5 Å². The number of anilines is 1. The Kier molecular flexibility index (Phi) is 6.85. The summed E-state index contributed by atoms with van der Waals surface area (Å²) in [6.45, 7) is 5.87. The Morgan fingerprint density at radius 3 is 2.50 bits per heavy atom. The zero-order valence-corrected chi connectivity index (χ0v) is 13.0. The van der Waals surface area contributed by atoms with Crippen LogP contribution in [0, 0.1) is 0 Å². The highest BCUT2D eigenvalue weighted by atomic mass is 31.2. The molecule has 0 aliphatic rings. The number of hydrogen-bond acceptors (Lipinski definition) is 5. The summed E-state index contributed by atoms with van der Waals surface area (Å²) in [5.41, 5.74) is 0.638. The lowest BCUT2D eigenvalue weighted by molar-refractivity contribution is -0.115. The van der Waals surface area contributed by atoms with E-state index in [1.807, 2.05) is 0 Å². The average molecular weight is 300 g/mol. The summed E-state index contributed by atoms with van der Waals surface area (Å²) in [6, 6.07) is 3.47. The highest BCUT2D eigenvalue weighted by molar-refractivity contribution is 7.53. The zero-order chi connectivity index (χ0) is 15.0. The molecule has 0 fully saturated rings. The molecule has 0 bridgehead atoms. The highest BCUT2D eigenvalue weighted by Gasteiger charge is 2.26. The summed E-state index contributed by atoms with van der Waals surface area (Å²) in [4.78, 5) is 15.6. The molecule has 1 amide bonds. The lowest BCUT2D eigenvalue weighted by Crippen LogP contribution is -2.13. The molecular formula is C13H21N2O4P. The van der Waals surface area contributed by atoms with Crippen molar-refractivity contribution in [3.05, 3.63) is 23.9 Å². The van der Waals surface area contributed by atoms with Crippen molar-refractivity contribution < 1.29 is 18.4 Å². The molecule has 0 saturated heterocycles. The van der Waals surface area contributed by atoms with Crippen molar-refractivity contribution in [3.63, 3.8) is 0 Å². The maximum Gasteiger partial charge on any atom is 0.335 e. The Balaban J connectivity index is 2.95. The van der Waals surface area contributed by atoms with E-state index in [9.17, 15) is 9.36 Å². The van der Waals surface area contributed by atoms with Crippen molar-refractivity contribution in [1.82, 2.24) is 4.98 Å². The molecule has 0 atom stereocenters. The van der Waals surface area contributed by atoms with Crippen LogP contribution in [0.25, 0.3) is 0 Å². The molecule has 1 heterocycles. The fourth-order valence-corrected chi connectivity index (χ4v) is 3.35. The van der Waals surface area contributed by atoms with Gasteiger partial charge in [-0.3, -0.25) is 9.36 Å². The second-order valence-corrected chi connectivity index (χ2v) is 6.07.